The first kappa shape index (κ1) is 9.22. The average Bonchev–Trinajstić information content (AvgIpc) is 2.10. The molecule has 2 heterocycles. The van der Waals surface area contributed by atoms with Gasteiger partial charge in [-0.25, -0.2) is 0 Å². The first-order chi connectivity index (χ1) is 4.75. The zero-order valence-electron chi connectivity index (χ0n) is 5.99. The summed E-state index contributed by atoms with van der Waals surface area (Å²) in [5.41, 5.74) is -0.320. The SMILES string of the molecule is Cl.OC1CNC2(COC2)C1O. The highest BCUT2D eigenvalue weighted by atomic mass is 35.5. The molecule has 0 aromatic heterocycles. The topological polar surface area (TPSA) is 61.7 Å². The van der Waals surface area contributed by atoms with Crippen molar-refractivity contribution in [3.05, 3.63) is 0 Å². The standard InChI is InChI=1S/C6H11NO3.ClH/c8-4-1-7-6(5(4)9)2-10-3-6;/h4-5,7-9H,1-3H2;1H. The molecular formula is C6H12ClNO3. The summed E-state index contributed by atoms with van der Waals surface area (Å²) in [4.78, 5) is 0. The minimum atomic E-state index is -0.652. The summed E-state index contributed by atoms with van der Waals surface area (Å²) in [6.45, 7) is 1.51. The van der Waals surface area contributed by atoms with Crippen LogP contribution in [0.4, 0.5) is 0 Å². The van der Waals surface area contributed by atoms with E-state index < -0.39 is 12.2 Å². The van der Waals surface area contributed by atoms with Crippen LogP contribution in [0.5, 0.6) is 0 Å². The summed E-state index contributed by atoms with van der Waals surface area (Å²) < 4.78 is 4.95. The van der Waals surface area contributed by atoms with Gasteiger partial charge in [0.15, 0.2) is 0 Å². The Balaban J connectivity index is 0.000000605. The van der Waals surface area contributed by atoms with Crippen LogP contribution in [0.3, 0.4) is 0 Å². The van der Waals surface area contributed by atoms with Crippen molar-refractivity contribution in [2.24, 2.45) is 0 Å². The lowest BCUT2D eigenvalue weighted by molar-refractivity contribution is -0.126. The molecule has 2 fully saturated rings. The van der Waals surface area contributed by atoms with Gasteiger partial charge in [-0.15, -0.1) is 12.4 Å². The fourth-order valence-electron chi connectivity index (χ4n) is 1.49. The minimum Gasteiger partial charge on any atom is -0.389 e. The van der Waals surface area contributed by atoms with E-state index in [1.807, 2.05) is 0 Å². The third-order valence-electron chi connectivity index (χ3n) is 2.31. The van der Waals surface area contributed by atoms with Crippen LogP contribution in [0.2, 0.25) is 0 Å². The third kappa shape index (κ3) is 1.15. The van der Waals surface area contributed by atoms with E-state index in [-0.39, 0.29) is 17.9 Å². The average molecular weight is 182 g/mol. The maximum absolute atomic E-state index is 9.38. The summed E-state index contributed by atoms with van der Waals surface area (Å²) in [5, 5.41) is 21.5. The minimum absolute atomic E-state index is 0. The Kier molecular flexibility index (Phi) is 2.41. The van der Waals surface area contributed by atoms with Crippen molar-refractivity contribution in [3.63, 3.8) is 0 Å². The number of nitrogens with one attached hydrogen (secondary N) is 1. The van der Waals surface area contributed by atoms with E-state index in [9.17, 15) is 5.11 Å². The van der Waals surface area contributed by atoms with Crippen molar-refractivity contribution < 1.29 is 14.9 Å². The van der Waals surface area contributed by atoms with Gasteiger partial charge in [0.05, 0.1) is 24.9 Å². The lowest BCUT2D eigenvalue weighted by atomic mass is 9.92. The van der Waals surface area contributed by atoms with Crippen LogP contribution in [0.1, 0.15) is 0 Å². The summed E-state index contributed by atoms with van der Waals surface area (Å²) in [6.07, 6.45) is -1.27. The molecule has 2 aliphatic rings. The fraction of sp³-hybridized carbons (Fsp3) is 1.00. The number of hydrogen-bond donors (Lipinski definition) is 3. The van der Waals surface area contributed by atoms with E-state index in [4.69, 9.17) is 9.84 Å². The van der Waals surface area contributed by atoms with Crippen LogP contribution < -0.4 is 5.32 Å². The van der Waals surface area contributed by atoms with E-state index >= 15 is 0 Å². The molecule has 0 aromatic rings. The highest BCUT2D eigenvalue weighted by Crippen LogP contribution is 2.27. The fourth-order valence-corrected chi connectivity index (χ4v) is 1.49. The van der Waals surface area contributed by atoms with Crippen molar-refractivity contribution in [2.45, 2.75) is 17.7 Å². The Morgan fingerprint density at radius 2 is 2.00 bits per heavy atom. The molecule has 0 radical (unpaired) electrons. The Labute approximate surface area is 71.0 Å². The van der Waals surface area contributed by atoms with Crippen molar-refractivity contribution in [2.75, 3.05) is 19.8 Å². The van der Waals surface area contributed by atoms with Gasteiger partial charge >= 0.3 is 0 Å². The zero-order valence-corrected chi connectivity index (χ0v) is 6.80. The normalized spacial score (nSPS) is 39.8. The second-order valence-corrected chi connectivity index (χ2v) is 3.04. The summed E-state index contributed by atoms with van der Waals surface area (Å²) >= 11 is 0. The Morgan fingerprint density at radius 3 is 2.18 bits per heavy atom. The molecule has 4 nitrogen and oxygen atoms in total. The molecule has 2 aliphatic heterocycles. The summed E-state index contributed by atoms with van der Waals surface area (Å²) in [6, 6.07) is 0. The first-order valence-corrected chi connectivity index (χ1v) is 3.43. The molecule has 0 amide bonds. The van der Waals surface area contributed by atoms with Gasteiger partial charge in [-0.3, -0.25) is 0 Å². The van der Waals surface area contributed by atoms with Crippen LogP contribution in [0.15, 0.2) is 0 Å². The van der Waals surface area contributed by atoms with E-state index in [2.05, 4.69) is 5.32 Å². The number of ether oxygens (including phenoxy) is 1. The van der Waals surface area contributed by atoms with Crippen LogP contribution in [0.25, 0.3) is 0 Å². The van der Waals surface area contributed by atoms with Crippen molar-refractivity contribution in [1.82, 2.24) is 5.32 Å². The molecule has 2 rings (SSSR count). The van der Waals surface area contributed by atoms with Crippen molar-refractivity contribution in [1.29, 1.82) is 0 Å². The highest BCUT2D eigenvalue weighted by Gasteiger charge is 2.52. The molecule has 0 bridgehead atoms. The molecule has 2 saturated heterocycles. The van der Waals surface area contributed by atoms with Gasteiger partial charge in [-0.05, 0) is 0 Å². The Hall–Kier alpha value is 0.130. The molecule has 1 spiro atoms. The molecule has 11 heavy (non-hydrogen) atoms. The monoisotopic (exact) mass is 181 g/mol. The van der Waals surface area contributed by atoms with Gasteiger partial charge in [-0.2, -0.15) is 0 Å². The van der Waals surface area contributed by atoms with Crippen LogP contribution >= 0.6 is 12.4 Å². The Morgan fingerprint density at radius 1 is 1.36 bits per heavy atom. The van der Waals surface area contributed by atoms with E-state index in [0.29, 0.717) is 19.8 Å². The van der Waals surface area contributed by atoms with Gasteiger partial charge < -0.3 is 20.3 Å². The molecule has 0 saturated carbocycles. The van der Waals surface area contributed by atoms with Crippen LogP contribution in [-0.2, 0) is 4.74 Å². The summed E-state index contributed by atoms with van der Waals surface area (Å²) in [7, 11) is 0. The molecule has 2 atom stereocenters. The predicted molar refractivity (Wildman–Crippen MR) is 40.8 cm³/mol. The van der Waals surface area contributed by atoms with Gasteiger partial charge in [0.1, 0.15) is 6.10 Å². The van der Waals surface area contributed by atoms with Gasteiger partial charge in [-0.1, -0.05) is 0 Å². The van der Waals surface area contributed by atoms with Crippen molar-refractivity contribution >= 4 is 12.4 Å². The van der Waals surface area contributed by atoms with Gasteiger partial charge in [0.2, 0.25) is 0 Å². The second-order valence-electron chi connectivity index (χ2n) is 3.04. The quantitative estimate of drug-likeness (QED) is 0.426. The van der Waals surface area contributed by atoms with Crippen molar-refractivity contribution in [3.8, 4) is 0 Å². The lowest BCUT2D eigenvalue weighted by Gasteiger charge is -2.40. The summed E-state index contributed by atoms with van der Waals surface area (Å²) in [5.74, 6) is 0. The highest BCUT2D eigenvalue weighted by molar-refractivity contribution is 5.85. The molecule has 5 heteroatoms. The predicted octanol–water partition coefficient (Wildman–Crippen LogP) is -1.50. The number of hydrogen-bond acceptors (Lipinski definition) is 4. The number of β-amino-alcohol motifs (C(OH)–C–C–N with tert-alkyl or cyclic N) is 1. The lowest BCUT2D eigenvalue weighted by Crippen LogP contribution is -2.63. The largest absolute Gasteiger partial charge is 0.389 e. The second kappa shape index (κ2) is 2.88. The number of aliphatic hydroxyl groups is 2. The number of aliphatic hydroxyl groups excluding tert-OH is 2. The van der Waals surface area contributed by atoms with Crippen LogP contribution in [-0.4, -0.2) is 47.7 Å². The number of halogens is 1. The first-order valence-electron chi connectivity index (χ1n) is 3.43. The molecular weight excluding hydrogens is 170 g/mol. The maximum atomic E-state index is 9.38. The number of rotatable bonds is 0. The molecule has 3 N–H and O–H groups in total. The van der Waals surface area contributed by atoms with Gasteiger partial charge in [0, 0.05) is 6.54 Å². The Bertz CT molecular complexity index is 151. The van der Waals surface area contributed by atoms with E-state index in [1.54, 1.807) is 0 Å². The molecule has 66 valence electrons. The zero-order chi connectivity index (χ0) is 7.19. The molecule has 2 unspecified atom stereocenters. The molecule has 0 aromatic carbocycles. The van der Waals surface area contributed by atoms with E-state index in [1.165, 1.54) is 0 Å². The van der Waals surface area contributed by atoms with Crippen LogP contribution in [0, 0.1) is 0 Å². The van der Waals surface area contributed by atoms with Gasteiger partial charge in [0.25, 0.3) is 0 Å². The third-order valence-corrected chi connectivity index (χ3v) is 2.31. The molecule has 0 aliphatic carbocycles. The smallest absolute Gasteiger partial charge is 0.104 e. The van der Waals surface area contributed by atoms with E-state index in [0.717, 1.165) is 0 Å². The maximum Gasteiger partial charge on any atom is 0.104 e.